The predicted octanol–water partition coefficient (Wildman–Crippen LogP) is 3.25. The van der Waals surface area contributed by atoms with Crippen molar-refractivity contribution in [2.75, 3.05) is 4.90 Å². The van der Waals surface area contributed by atoms with Crippen molar-refractivity contribution < 1.29 is 14.3 Å². The monoisotopic (exact) mass is 372 g/mol. The first-order valence-corrected chi connectivity index (χ1v) is 9.44. The van der Waals surface area contributed by atoms with Gasteiger partial charge in [-0.1, -0.05) is 42.5 Å². The number of ether oxygens (including phenoxy) is 1. The Bertz CT molecular complexity index is 1030. The van der Waals surface area contributed by atoms with Crippen molar-refractivity contribution >= 4 is 17.5 Å². The summed E-state index contributed by atoms with van der Waals surface area (Å²) >= 11 is 0. The van der Waals surface area contributed by atoms with Gasteiger partial charge in [0.2, 0.25) is 0 Å². The summed E-state index contributed by atoms with van der Waals surface area (Å²) in [5.74, 6) is -0.116. The lowest BCUT2D eigenvalue weighted by atomic mass is 9.97. The van der Waals surface area contributed by atoms with Crippen LogP contribution in [0.1, 0.15) is 24.1 Å². The third-order valence-electron chi connectivity index (χ3n) is 5.75. The van der Waals surface area contributed by atoms with Crippen LogP contribution in [0.5, 0.6) is 0 Å². The van der Waals surface area contributed by atoms with Crippen molar-refractivity contribution in [3.8, 4) is 0 Å². The lowest BCUT2D eigenvalue weighted by Crippen LogP contribution is -2.35. The first kappa shape index (κ1) is 16.8. The highest BCUT2D eigenvalue weighted by molar-refractivity contribution is 6.08. The molecule has 0 bridgehead atoms. The van der Waals surface area contributed by atoms with E-state index in [1.807, 2.05) is 42.5 Å². The second-order valence-corrected chi connectivity index (χ2v) is 7.42. The Morgan fingerprint density at radius 1 is 1.07 bits per heavy atom. The van der Waals surface area contributed by atoms with Crippen molar-refractivity contribution in [3.63, 3.8) is 0 Å². The van der Waals surface area contributed by atoms with Crippen LogP contribution in [-0.4, -0.2) is 18.0 Å². The second-order valence-electron chi connectivity index (χ2n) is 7.42. The number of hydrogen-bond donors (Lipinski definition) is 1. The van der Waals surface area contributed by atoms with Gasteiger partial charge in [-0.15, -0.1) is 0 Å². The van der Waals surface area contributed by atoms with Crippen LogP contribution in [0, 0.1) is 5.92 Å². The van der Waals surface area contributed by atoms with Gasteiger partial charge in [0.05, 0.1) is 17.9 Å². The minimum absolute atomic E-state index is 0.00580. The normalized spacial score (nSPS) is 26.9. The number of carbonyl (C=O) groups is 2. The van der Waals surface area contributed by atoms with E-state index in [1.165, 1.54) is 11.1 Å². The number of amides is 2. The average molecular weight is 372 g/mol. The molecule has 1 N–H and O–H groups in total. The summed E-state index contributed by atoms with van der Waals surface area (Å²) in [6.45, 7) is 1.78. The Hall–Kier alpha value is -3.34. The lowest BCUT2D eigenvalue weighted by molar-refractivity contribution is -0.116. The van der Waals surface area contributed by atoms with Gasteiger partial charge in [0.15, 0.2) is 6.23 Å². The molecule has 3 atom stereocenters. The van der Waals surface area contributed by atoms with Gasteiger partial charge in [-0.2, -0.15) is 0 Å². The summed E-state index contributed by atoms with van der Waals surface area (Å²) in [4.78, 5) is 26.7. The summed E-state index contributed by atoms with van der Waals surface area (Å²) in [7, 11) is 0. The van der Waals surface area contributed by atoms with E-state index in [0.29, 0.717) is 11.1 Å². The molecule has 2 aromatic rings. The predicted molar refractivity (Wildman–Crippen MR) is 105 cm³/mol. The van der Waals surface area contributed by atoms with Crippen LogP contribution >= 0.6 is 0 Å². The summed E-state index contributed by atoms with van der Waals surface area (Å²) in [6, 6.07) is 17.6. The van der Waals surface area contributed by atoms with Crippen LogP contribution in [0.15, 0.2) is 78.1 Å². The van der Waals surface area contributed by atoms with Gasteiger partial charge >= 0.3 is 0 Å². The fourth-order valence-corrected chi connectivity index (χ4v) is 4.36. The molecule has 0 aromatic heterocycles. The van der Waals surface area contributed by atoms with E-state index in [9.17, 15) is 9.59 Å². The Morgan fingerprint density at radius 2 is 1.82 bits per heavy atom. The molecule has 0 radical (unpaired) electrons. The second kappa shape index (κ2) is 6.37. The number of nitrogens with one attached hydrogen (secondary N) is 1. The van der Waals surface area contributed by atoms with E-state index in [2.05, 4.69) is 17.4 Å². The number of rotatable bonds is 3. The molecule has 5 nitrogen and oxygen atoms in total. The zero-order valence-electron chi connectivity index (χ0n) is 15.5. The molecular formula is C23H20N2O3. The van der Waals surface area contributed by atoms with E-state index in [-0.39, 0.29) is 23.8 Å². The maximum Gasteiger partial charge on any atom is 0.257 e. The number of hydrogen-bond acceptors (Lipinski definition) is 3. The largest absolute Gasteiger partial charge is 0.474 e. The van der Waals surface area contributed by atoms with Gasteiger partial charge in [-0.05, 0) is 42.7 Å². The first-order chi connectivity index (χ1) is 13.6. The van der Waals surface area contributed by atoms with Crippen LogP contribution in [0.3, 0.4) is 0 Å². The highest BCUT2D eigenvalue weighted by Crippen LogP contribution is 2.44. The van der Waals surface area contributed by atoms with Crippen LogP contribution in [0.2, 0.25) is 0 Å². The van der Waals surface area contributed by atoms with Gasteiger partial charge in [-0.3, -0.25) is 14.5 Å². The van der Waals surface area contributed by atoms with E-state index in [0.717, 1.165) is 12.1 Å². The average Bonchev–Trinajstić information content (AvgIpc) is 3.31. The van der Waals surface area contributed by atoms with E-state index >= 15 is 0 Å². The molecule has 28 heavy (non-hydrogen) atoms. The van der Waals surface area contributed by atoms with Gasteiger partial charge in [0.1, 0.15) is 0 Å². The number of fused-ring (bicyclic) bond motifs is 3. The van der Waals surface area contributed by atoms with Crippen LogP contribution in [0.25, 0.3) is 0 Å². The third kappa shape index (κ3) is 2.54. The summed E-state index contributed by atoms with van der Waals surface area (Å²) in [5.41, 5.74) is 4.49. The first-order valence-electron chi connectivity index (χ1n) is 9.44. The maximum absolute atomic E-state index is 12.6. The van der Waals surface area contributed by atoms with Crippen molar-refractivity contribution in [1.82, 2.24) is 5.32 Å². The van der Waals surface area contributed by atoms with E-state index in [1.54, 1.807) is 24.2 Å². The van der Waals surface area contributed by atoms with E-state index in [4.69, 9.17) is 4.74 Å². The van der Waals surface area contributed by atoms with Crippen molar-refractivity contribution in [2.45, 2.75) is 25.6 Å². The summed E-state index contributed by atoms with van der Waals surface area (Å²) in [6.07, 6.45) is 3.60. The van der Waals surface area contributed by atoms with Gasteiger partial charge in [0.25, 0.3) is 11.8 Å². The number of carbonyl (C=O) groups excluding carboxylic acids is 2. The third-order valence-corrected chi connectivity index (χ3v) is 5.75. The Balaban J connectivity index is 1.41. The molecule has 1 fully saturated rings. The highest BCUT2D eigenvalue weighted by Gasteiger charge is 2.44. The van der Waals surface area contributed by atoms with E-state index < -0.39 is 6.23 Å². The molecule has 2 aromatic carbocycles. The van der Waals surface area contributed by atoms with Crippen molar-refractivity contribution in [3.05, 3.63) is 89.2 Å². The molecule has 5 heteroatoms. The van der Waals surface area contributed by atoms with Gasteiger partial charge in [-0.25, -0.2) is 0 Å². The number of nitrogens with zero attached hydrogens (tertiary/aromatic N) is 1. The Kier molecular flexibility index (Phi) is 3.83. The van der Waals surface area contributed by atoms with Crippen LogP contribution < -0.4 is 10.2 Å². The SMILES string of the molecule is CC1=CC(OC=C2C(=O)NC3c4ccccc4CC23)N(c2ccccc2)C1=O. The number of para-hydroxylation sites is 1. The standard InChI is InChI=1S/C23H20N2O3/c1-14-11-20(25(23(14)27)16-8-3-2-4-9-16)28-13-19-18-12-15-7-5-6-10-17(15)21(18)24-22(19)26/h2-11,13,18,20-21H,12H2,1H3,(H,24,26). The Labute approximate surface area is 163 Å². The van der Waals surface area contributed by atoms with Gasteiger partial charge in [0, 0.05) is 17.2 Å². The van der Waals surface area contributed by atoms with Crippen molar-refractivity contribution in [2.24, 2.45) is 5.92 Å². The summed E-state index contributed by atoms with van der Waals surface area (Å²) < 4.78 is 5.98. The van der Waals surface area contributed by atoms with Crippen LogP contribution in [0.4, 0.5) is 5.69 Å². The zero-order chi connectivity index (χ0) is 19.3. The quantitative estimate of drug-likeness (QED) is 0.665. The lowest BCUT2D eigenvalue weighted by Gasteiger charge is -2.24. The van der Waals surface area contributed by atoms with Crippen molar-refractivity contribution in [1.29, 1.82) is 0 Å². The molecule has 3 unspecified atom stereocenters. The molecule has 3 aliphatic rings. The smallest absolute Gasteiger partial charge is 0.257 e. The minimum atomic E-state index is -0.557. The number of benzene rings is 2. The Morgan fingerprint density at radius 3 is 2.64 bits per heavy atom. The summed E-state index contributed by atoms with van der Waals surface area (Å²) in [5, 5.41) is 3.07. The fraction of sp³-hybridized carbons (Fsp3) is 0.217. The molecule has 5 rings (SSSR count). The highest BCUT2D eigenvalue weighted by atomic mass is 16.5. The molecule has 0 spiro atoms. The van der Waals surface area contributed by atoms with Crippen LogP contribution in [-0.2, 0) is 20.7 Å². The molecule has 140 valence electrons. The fourth-order valence-electron chi connectivity index (χ4n) is 4.36. The molecule has 1 aliphatic carbocycles. The minimum Gasteiger partial charge on any atom is -0.474 e. The molecule has 0 saturated carbocycles. The molecular weight excluding hydrogens is 352 g/mol. The molecule has 1 saturated heterocycles. The molecule has 2 aliphatic heterocycles. The van der Waals surface area contributed by atoms with Gasteiger partial charge < -0.3 is 10.1 Å². The number of anilines is 1. The zero-order valence-corrected chi connectivity index (χ0v) is 15.5. The molecule has 2 heterocycles. The molecule has 2 amide bonds. The maximum atomic E-state index is 12.6. The topological polar surface area (TPSA) is 58.6 Å².